The van der Waals surface area contributed by atoms with Gasteiger partial charge < -0.3 is 26.0 Å². The fourth-order valence-corrected chi connectivity index (χ4v) is 3.37. The van der Waals surface area contributed by atoms with Crippen molar-refractivity contribution in [2.75, 3.05) is 43.2 Å². The van der Waals surface area contributed by atoms with Crippen molar-refractivity contribution in [2.45, 2.75) is 19.5 Å². The van der Waals surface area contributed by atoms with Crippen molar-refractivity contribution >= 4 is 44.8 Å². The molecule has 0 spiro atoms. The number of carbonyl (C=O) groups is 1. The molecular formula is C22H28BrN7O2. The molecule has 1 amide bonds. The molecule has 2 aromatic heterocycles. The SMILES string of the molecule is C=C(C)[C@@H](CO)Nc1cc(NCc2ccc(NC(=O)CN(C)C)cc2)n2ncc(Br)c2n1. The quantitative estimate of drug-likeness (QED) is 0.316. The first kappa shape index (κ1) is 23.7. The van der Waals surface area contributed by atoms with Crippen LogP contribution in [0.25, 0.3) is 5.65 Å². The lowest BCUT2D eigenvalue weighted by Crippen LogP contribution is -2.27. The molecule has 0 bridgehead atoms. The molecule has 0 radical (unpaired) electrons. The van der Waals surface area contributed by atoms with Gasteiger partial charge in [0.05, 0.1) is 29.9 Å². The Morgan fingerprint density at radius 2 is 2.03 bits per heavy atom. The van der Waals surface area contributed by atoms with Gasteiger partial charge >= 0.3 is 0 Å². The van der Waals surface area contributed by atoms with Gasteiger partial charge in [-0.15, -0.1) is 0 Å². The highest BCUT2D eigenvalue weighted by atomic mass is 79.9. The van der Waals surface area contributed by atoms with Gasteiger partial charge in [-0.25, -0.2) is 4.98 Å². The van der Waals surface area contributed by atoms with Crippen molar-refractivity contribution in [1.29, 1.82) is 0 Å². The van der Waals surface area contributed by atoms with Crippen LogP contribution in [0.15, 0.2) is 53.2 Å². The molecule has 0 unspecified atom stereocenters. The van der Waals surface area contributed by atoms with Crippen LogP contribution in [0.4, 0.5) is 17.3 Å². The normalized spacial score (nSPS) is 12.1. The Morgan fingerprint density at radius 1 is 1.31 bits per heavy atom. The number of nitrogens with one attached hydrogen (secondary N) is 3. The topological polar surface area (TPSA) is 107 Å². The molecule has 0 aliphatic heterocycles. The van der Waals surface area contributed by atoms with E-state index in [1.54, 1.807) is 10.7 Å². The van der Waals surface area contributed by atoms with Crippen LogP contribution >= 0.6 is 15.9 Å². The van der Waals surface area contributed by atoms with Crippen molar-refractivity contribution in [3.8, 4) is 0 Å². The summed E-state index contributed by atoms with van der Waals surface area (Å²) in [5.41, 5.74) is 3.25. The highest BCUT2D eigenvalue weighted by Crippen LogP contribution is 2.24. The number of hydrogen-bond donors (Lipinski definition) is 4. The van der Waals surface area contributed by atoms with Crippen LogP contribution in [-0.4, -0.2) is 63.8 Å². The first-order valence-electron chi connectivity index (χ1n) is 10.1. The van der Waals surface area contributed by atoms with Gasteiger partial charge in [-0.1, -0.05) is 24.3 Å². The second-order valence-corrected chi connectivity index (χ2v) is 8.67. The summed E-state index contributed by atoms with van der Waals surface area (Å²) in [5, 5.41) is 23.5. The maximum atomic E-state index is 11.9. The number of benzene rings is 1. The Labute approximate surface area is 195 Å². The molecule has 9 nitrogen and oxygen atoms in total. The van der Waals surface area contributed by atoms with E-state index in [1.807, 2.05) is 56.3 Å². The zero-order chi connectivity index (χ0) is 23.3. The third kappa shape index (κ3) is 6.06. The van der Waals surface area contributed by atoms with E-state index >= 15 is 0 Å². The van der Waals surface area contributed by atoms with Crippen LogP contribution in [0.5, 0.6) is 0 Å². The van der Waals surface area contributed by atoms with Crippen molar-refractivity contribution in [3.63, 3.8) is 0 Å². The minimum absolute atomic E-state index is 0.0553. The summed E-state index contributed by atoms with van der Waals surface area (Å²) in [7, 11) is 3.71. The fraction of sp³-hybridized carbons (Fsp3) is 0.318. The van der Waals surface area contributed by atoms with Crippen molar-refractivity contribution < 1.29 is 9.90 Å². The van der Waals surface area contributed by atoms with E-state index in [0.29, 0.717) is 24.6 Å². The minimum Gasteiger partial charge on any atom is -0.394 e. The van der Waals surface area contributed by atoms with Crippen molar-refractivity contribution in [3.05, 3.63) is 58.7 Å². The molecule has 0 saturated carbocycles. The Kier molecular flexibility index (Phi) is 7.84. The lowest BCUT2D eigenvalue weighted by atomic mass is 10.1. The fourth-order valence-electron chi connectivity index (χ4n) is 3.03. The monoisotopic (exact) mass is 501 g/mol. The predicted octanol–water partition coefficient (Wildman–Crippen LogP) is 2.95. The summed E-state index contributed by atoms with van der Waals surface area (Å²) in [6.45, 7) is 6.56. The van der Waals surface area contributed by atoms with Crippen LogP contribution in [0.2, 0.25) is 0 Å². The molecule has 170 valence electrons. The predicted molar refractivity (Wildman–Crippen MR) is 131 cm³/mol. The third-order valence-corrected chi connectivity index (χ3v) is 5.26. The average molecular weight is 502 g/mol. The van der Waals surface area contributed by atoms with Crippen LogP contribution < -0.4 is 16.0 Å². The zero-order valence-electron chi connectivity index (χ0n) is 18.4. The number of likely N-dealkylation sites (N-methyl/N-ethyl adjacent to an activating group) is 1. The average Bonchev–Trinajstić information content (AvgIpc) is 3.11. The summed E-state index contributed by atoms with van der Waals surface area (Å²) in [5.74, 6) is 1.28. The maximum Gasteiger partial charge on any atom is 0.238 e. The van der Waals surface area contributed by atoms with Gasteiger partial charge in [-0.05, 0) is 54.6 Å². The number of fused-ring (bicyclic) bond motifs is 1. The van der Waals surface area contributed by atoms with E-state index in [2.05, 4.69) is 48.5 Å². The van der Waals surface area contributed by atoms with Gasteiger partial charge in [-0.3, -0.25) is 4.79 Å². The summed E-state index contributed by atoms with van der Waals surface area (Å²) in [6, 6.07) is 9.21. The number of aromatic nitrogens is 3. The van der Waals surface area contributed by atoms with Gasteiger partial charge in [0.15, 0.2) is 5.65 Å². The van der Waals surface area contributed by atoms with E-state index < -0.39 is 0 Å². The lowest BCUT2D eigenvalue weighted by Gasteiger charge is -2.18. The first-order chi connectivity index (χ1) is 15.3. The smallest absolute Gasteiger partial charge is 0.238 e. The number of aliphatic hydroxyl groups excluding tert-OH is 1. The standard InChI is InChI=1S/C22H28BrN7O2/c1-14(2)18(13-31)27-19-9-20(30-22(28-19)17(23)11-25-30)24-10-15-5-7-16(8-6-15)26-21(32)12-29(3)4/h5-9,11,18,24,31H,1,10,12-13H2,2-4H3,(H,26,32)(H,27,28)/t18-/m1/s1. The molecule has 1 atom stereocenters. The van der Waals surface area contributed by atoms with E-state index in [9.17, 15) is 9.90 Å². The molecule has 4 N–H and O–H groups in total. The van der Waals surface area contributed by atoms with Crippen LogP contribution in [0.1, 0.15) is 12.5 Å². The number of rotatable bonds is 10. The highest BCUT2D eigenvalue weighted by Gasteiger charge is 2.14. The van der Waals surface area contributed by atoms with Gasteiger partial charge in [0, 0.05) is 18.3 Å². The Hall–Kier alpha value is -2.95. The summed E-state index contributed by atoms with van der Waals surface area (Å²) < 4.78 is 2.47. The summed E-state index contributed by atoms with van der Waals surface area (Å²) in [4.78, 5) is 18.3. The Balaban J connectivity index is 1.74. The van der Waals surface area contributed by atoms with Gasteiger partial charge in [-0.2, -0.15) is 9.61 Å². The number of amides is 1. The van der Waals surface area contributed by atoms with Crippen molar-refractivity contribution in [1.82, 2.24) is 19.5 Å². The minimum atomic E-state index is -0.297. The van der Waals surface area contributed by atoms with Crippen LogP contribution in [0.3, 0.4) is 0 Å². The Bertz CT molecular complexity index is 1100. The van der Waals surface area contributed by atoms with Gasteiger partial charge in [0.1, 0.15) is 11.6 Å². The molecule has 0 fully saturated rings. The first-order valence-corrected chi connectivity index (χ1v) is 10.9. The summed E-state index contributed by atoms with van der Waals surface area (Å²) >= 11 is 3.48. The van der Waals surface area contributed by atoms with Crippen molar-refractivity contribution in [2.24, 2.45) is 0 Å². The highest BCUT2D eigenvalue weighted by molar-refractivity contribution is 9.10. The Morgan fingerprint density at radius 3 is 2.66 bits per heavy atom. The van der Waals surface area contributed by atoms with Crippen LogP contribution in [0, 0.1) is 0 Å². The van der Waals surface area contributed by atoms with E-state index in [1.165, 1.54) is 0 Å². The number of aliphatic hydroxyl groups is 1. The molecule has 10 heteroatoms. The second-order valence-electron chi connectivity index (χ2n) is 7.82. The molecule has 2 heterocycles. The molecule has 1 aromatic carbocycles. The molecule has 32 heavy (non-hydrogen) atoms. The molecule has 3 rings (SSSR count). The number of halogens is 1. The van der Waals surface area contributed by atoms with Gasteiger partial charge in [0.2, 0.25) is 5.91 Å². The largest absolute Gasteiger partial charge is 0.394 e. The van der Waals surface area contributed by atoms with Crippen LogP contribution in [-0.2, 0) is 11.3 Å². The molecule has 0 aliphatic carbocycles. The number of anilines is 3. The number of carbonyl (C=O) groups excluding carboxylic acids is 1. The maximum absolute atomic E-state index is 11.9. The summed E-state index contributed by atoms with van der Waals surface area (Å²) in [6.07, 6.45) is 1.69. The van der Waals surface area contributed by atoms with E-state index in [4.69, 9.17) is 0 Å². The third-order valence-electron chi connectivity index (χ3n) is 4.70. The number of hydrogen-bond acceptors (Lipinski definition) is 7. The molecule has 3 aromatic rings. The van der Waals surface area contributed by atoms with E-state index in [0.717, 1.165) is 27.1 Å². The lowest BCUT2D eigenvalue weighted by molar-refractivity contribution is -0.116. The number of nitrogens with zero attached hydrogens (tertiary/aromatic N) is 4. The van der Waals surface area contributed by atoms with Gasteiger partial charge in [0.25, 0.3) is 0 Å². The molecule has 0 aliphatic rings. The molecule has 0 saturated heterocycles. The second kappa shape index (κ2) is 10.6. The van der Waals surface area contributed by atoms with E-state index in [-0.39, 0.29) is 18.6 Å². The molecular weight excluding hydrogens is 474 g/mol. The zero-order valence-corrected chi connectivity index (χ0v) is 20.0.